The van der Waals surface area contributed by atoms with E-state index in [0.717, 1.165) is 5.56 Å². The first-order valence-corrected chi connectivity index (χ1v) is 5.83. The summed E-state index contributed by atoms with van der Waals surface area (Å²) in [5.74, 6) is -1.22. The summed E-state index contributed by atoms with van der Waals surface area (Å²) in [6, 6.07) is 9.43. The van der Waals surface area contributed by atoms with E-state index in [1.54, 1.807) is 7.11 Å². The third-order valence-electron chi connectivity index (χ3n) is 2.31. The van der Waals surface area contributed by atoms with Crippen LogP contribution in [0.1, 0.15) is 12.0 Å². The van der Waals surface area contributed by atoms with E-state index in [2.05, 4.69) is 10.6 Å². The molecule has 0 spiro atoms. The van der Waals surface area contributed by atoms with E-state index in [1.807, 2.05) is 30.3 Å². The molecule has 98 valence electrons. The van der Waals surface area contributed by atoms with E-state index in [-0.39, 0.29) is 0 Å². The molecule has 1 rings (SSSR count). The van der Waals surface area contributed by atoms with Crippen LogP contribution < -0.4 is 10.6 Å². The number of rotatable bonds is 6. The molecule has 0 aliphatic rings. The summed E-state index contributed by atoms with van der Waals surface area (Å²) in [4.78, 5) is 22.8. The molecule has 1 aromatic rings. The van der Waals surface area contributed by atoms with Crippen molar-refractivity contribution >= 4 is 11.8 Å². The maximum absolute atomic E-state index is 11.4. The van der Waals surface area contributed by atoms with Gasteiger partial charge in [-0.15, -0.1) is 0 Å². The van der Waals surface area contributed by atoms with Gasteiger partial charge in [0.2, 0.25) is 0 Å². The van der Waals surface area contributed by atoms with Crippen LogP contribution in [0.4, 0.5) is 0 Å². The molecule has 0 aliphatic heterocycles. The van der Waals surface area contributed by atoms with Gasteiger partial charge in [-0.2, -0.15) is 0 Å². The van der Waals surface area contributed by atoms with Gasteiger partial charge in [0.15, 0.2) is 0 Å². The summed E-state index contributed by atoms with van der Waals surface area (Å²) in [5, 5.41) is 5.08. The standard InChI is InChI=1S/C13H18N2O3/c1-18-9-5-8-14-12(16)13(17)15-10-11-6-3-2-4-7-11/h2-4,6-7H,5,8-10H2,1H3,(H,14,16)(H,15,17). The van der Waals surface area contributed by atoms with Crippen LogP contribution in [0.15, 0.2) is 30.3 Å². The van der Waals surface area contributed by atoms with Gasteiger partial charge in [-0.05, 0) is 12.0 Å². The van der Waals surface area contributed by atoms with Gasteiger partial charge in [0.1, 0.15) is 0 Å². The average Bonchev–Trinajstić information content (AvgIpc) is 2.42. The Bertz CT molecular complexity index is 379. The van der Waals surface area contributed by atoms with Crippen molar-refractivity contribution in [2.45, 2.75) is 13.0 Å². The first kappa shape index (κ1) is 14.2. The zero-order chi connectivity index (χ0) is 13.2. The number of ether oxygens (including phenoxy) is 1. The number of hydrogen-bond donors (Lipinski definition) is 2. The Kier molecular flexibility index (Phi) is 6.50. The van der Waals surface area contributed by atoms with Crippen LogP contribution >= 0.6 is 0 Å². The lowest BCUT2D eigenvalue weighted by atomic mass is 10.2. The summed E-state index contributed by atoms with van der Waals surface area (Å²) in [6.07, 6.45) is 0.689. The molecule has 0 bridgehead atoms. The smallest absolute Gasteiger partial charge is 0.309 e. The van der Waals surface area contributed by atoms with Gasteiger partial charge in [-0.3, -0.25) is 9.59 Å². The normalized spacial score (nSPS) is 9.83. The Morgan fingerprint density at radius 3 is 2.44 bits per heavy atom. The second kappa shape index (κ2) is 8.25. The van der Waals surface area contributed by atoms with Crippen molar-refractivity contribution in [3.05, 3.63) is 35.9 Å². The Labute approximate surface area is 107 Å². The molecule has 0 unspecified atom stereocenters. The van der Waals surface area contributed by atoms with E-state index in [9.17, 15) is 9.59 Å². The van der Waals surface area contributed by atoms with Crippen molar-refractivity contribution in [3.8, 4) is 0 Å². The Balaban J connectivity index is 2.22. The number of nitrogens with one attached hydrogen (secondary N) is 2. The first-order valence-electron chi connectivity index (χ1n) is 5.83. The molecule has 0 fully saturated rings. The zero-order valence-corrected chi connectivity index (χ0v) is 10.4. The van der Waals surface area contributed by atoms with E-state index in [4.69, 9.17) is 4.74 Å². The molecular weight excluding hydrogens is 232 g/mol. The largest absolute Gasteiger partial charge is 0.385 e. The fourth-order valence-electron chi connectivity index (χ4n) is 1.36. The third kappa shape index (κ3) is 5.45. The quantitative estimate of drug-likeness (QED) is 0.569. The molecule has 0 aromatic heterocycles. The molecule has 0 atom stereocenters. The van der Waals surface area contributed by atoms with Crippen LogP contribution in [0.25, 0.3) is 0 Å². The lowest BCUT2D eigenvalue weighted by Crippen LogP contribution is -2.40. The van der Waals surface area contributed by atoms with E-state index in [1.165, 1.54) is 0 Å². The van der Waals surface area contributed by atoms with Gasteiger partial charge in [0, 0.05) is 26.8 Å². The number of benzene rings is 1. The molecule has 2 N–H and O–H groups in total. The third-order valence-corrected chi connectivity index (χ3v) is 2.31. The molecule has 0 radical (unpaired) electrons. The van der Waals surface area contributed by atoms with E-state index >= 15 is 0 Å². The van der Waals surface area contributed by atoms with Crippen molar-refractivity contribution in [1.29, 1.82) is 0 Å². The van der Waals surface area contributed by atoms with Gasteiger partial charge in [-0.1, -0.05) is 30.3 Å². The number of carbonyl (C=O) groups excluding carboxylic acids is 2. The summed E-state index contributed by atoms with van der Waals surface area (Å²) in [5.41, 5.74) is 0.957. The molecule has 18 heavy (non-hydrogen) atoms. The fourth-order valence-corrected chi connectivity index (χ4v) is 1.36. The molecular formula is C13H18N2O3. The van der Waals surface area contributed by atoms with Crippen LogP contribution in [0.3, 0.4) is 0 Å². The van der Waals surface area contributed by atoms with Gasteiger partial charge in [-0.25, -0.2) is 0 Å². The minimum absolute atomic E-state index is 0.352. The highest BCUT2D eigenvalue weighted by Crippen LogP contribution is 1.96. The van der Waals surface area contributed by atoms with Gasteiger partial charge >= 0.3 is 11.8 Å². The number of methoxy groups -OCH3 is 1. The zero-order valence-electron chi connectivity index (χ0n) is 10.4. The van der Waals surface area contributed by atoms with E-state index < -0.39 is 11.8 Å². The van der Waals surface area contributed by atoms with Crippen LogP contribution in [0, 0.1) is 0 Å². The van der Waals surface area contributed by atoms with Gasteiger partial charge in [0.05, 0.1) is 0 Å². The van der Waals surface area contributed by atoms with Crippen molar-refractivity contribution in [3.63, 3.8) is 0 Å². The minimum Gasteiger partial charge on any atom is -0.385 e. The van der Waals surface area contributed by atoms with Crippen LogP contribution in [0.2, 0.25) is 0 Å². The molecule has 1 aromatic carbocycles. The van der Waals surface area contributed by atoms with Crippen LogP contribution in [-0.4, -0.2) is 32.1 Å². The summed E-state index contributed by atoms with van der Waals surface area (Å²) < 4.78 is 4.84. The Morgan fingerprint density at radius 1 is 1.11 bits per heavy atom. The number of amides is 2. The molecule has 2 amide bonds. The molecule has 0 saturated carbocycles. The van der Waals surface area contributed by atoms with Crippen molar-refractivity contribution < 1.29 is 14.3 Å². The maximum Gasteiger partial charge on any atom is 0.309 e. The Hall–Kier alpha value is -1.88. The lowest BCUT2D eigenvalue weighted by Gasteiger charge is -2.06. The predicted molar refractivity (Wildman–Crippen MR) is 67.8 cm³/mol. The fraction of sp³-hybridized carbons (Fsp3) is 0.385. The lowest BCUT2D eigenvalue weighted by molar-refractivity contribution is -0.139. The van der Waals surface area contributed by atoms with Crippen molar-refractivity contribution in [2.75, 3.05) is 20.3 Å². The van der Waals surface area contributed by atoms with Crippen molar-refractivity contribution in [2.24, 2.45) is 0 Å². The van der Waals surface area contributed by atoms with Crippen molar-refractivity contribution in [1.82, 2.24) is 10.6 Å². The van der Waals surface area contributed by atoms with E-state index in [0.29, 0.717) is 26.1 Å². The molecule has 0 saturated heterocycles. The number of hydrogen-bond acceptors (Lipinski definition) is 3. The molecule has 0 aliphatic carbocycles. The second-order valence-corrected chi connectivity index (χ2v) is 3.77. The SMILES string of the molecule is COCCCNC(=O)C(=O)NCc1ccccc1. The average molecular weight is 250 g/mol. The highest BCUT2D eigenvalue weighted by molar-refractivity contribution is 6.35. The monoisotopic (exact) mass is 250 g/mol. The molecule has 5 nitrogen and oxygen atoms in total. The summed E-state index contributed by atoms with van der Waals surface area (Å²) in [6.45, 7) is 1.35. The molecule has 5 heteroatoms. The van der Waals surface area contributed by atoms with Crippen LogP contribution in [0.5, 0.6) is 0 Å². The number of carbonyl (C=O) groups is 2. The predicted octanol–water partition coefficient (Wildman–Crippen LogP) is 0.456. The first-order chi connectivity index (χ1) is 8.74. The van der Waals surface area contributed by atoms with Crippen LogP contribution in [-0.2, 0) is 20.9 Å². The highest BCUT2D eigenvalue weighted by atomic mass is 16.5. The summed E-state index contributed by atoms with van der Waals surface area (Å²) in [7, 11) is 1.59. The minimum atomic E-state index is -0.615. The topological polar surface area (TPSA) is 67.4 Å². The molecule has 0 heterocycles. The Morgan fingerprint density at radius 2 is 1.78 bits per heavy atom. The highest BCUT2D eigenvalue weighted by Gasteiger charge is 2.11. The van der Waals surface area contributed by atoms with Gasteiger partial charge in [0.25, 0.3) is 0 Å². The maximum atomic E-state index is 11.4. The van der Waals surface area contributed by atoms with Gasteiger partial charge < -0.3 is 15.4 Å². The second-order valence-electron chi connectivity index (χ2n) is 3.77. The summed E-state index contributed by atoms with van der Waals surface area (Å²) >= 11 is 0.